The van der Waals surface area contributed by atoms with Crippen LogP contribution in [-0.4, -0.2) is 22.7 Å². The second kappa shape index (κ2) is 4.89. The summed E-state index contributed by atoms with van der Waals surface area (Å²) in [5, 5.41) is 0. The number of rotatable bonds is 3. The highest BCUT2D eigenvalue weighted by Gasteiger charge is 2.39. The highest BCUT2D eigenvalue weighted by Crippen LogP contribution is 2.38. The normalized spacial score (nSPS) is 21.6. The fourth-order valence-electron chi connectivity index (χ4n) is 2.53. The third-order valence-corrected chi connectivity index (χ3v) is 3.58. The van der Waals surface area contributed by atoms with E-state index in [1.165, 1.54) is 19.3 Å². The minimum Gasteiger partial charge on any atom is -0.376 e. The van der Waals surface area contributed by atoms with Gasteiger partial charge in [-0.15, -0.1) is 0 Å². The summed E-state index contributed by atoms with van der Waals surface area (Å²) in [6, 6.07) is -0.175. The van der Waals surface area contributed by atoms with E-state index in [9.17, 15) is 0 Å². The second-order valence-electron chi connectivity index (χ2n) is 4.44. The first kappa shape index (κ1) is 11.5. The van der Waals surface area contributed by atoms with Crippen molar-refractivity contribution >= 4 is 0 Å². The molecule has 1 aromatic rings. The maximum Gasteiger partial charge on any atom is 0.0886 e. The predicted octanol–water partition coefficient (Wildman–Crippen LogP) is 1.83. The van der Waals surface area contributed by atoms with Crippen LogP contribution in [0.4, 0.5) is 0 Å². The summed E-state index contributed by atoms with van der Waals surface area (Å²) in [5.41, 5.74) is 6.87. The zero-order valence-corrected chi connectivity index (χ0v) is 9.72. The number of ether oxygens (including phenoxy) is 1. The molecule has 0 radical (unpaired) electrons. The third kappa shape index (κ3) is 2.08. The maximum atomic E-state index is 6.29. The topological polar surface area (TPSA) is 61.0 Å². The molecule has 1 aromatic heterocycles. The largest absolute Gasteiger partial charge is 0.376 e. The molecule has 0 amide bonds. The van der Waals surface area contributed by atoms with Crippen LogP contribution in [0.15, 0.2) is 18.6 Å². The van der Waals surface area contributed by atoms with Crippen molar-refractivity contribution < 1.29 is 4.74 Å². The zero-order valence-electron chi connectivity index (χ0n) is 9.72. The van der Waals surface area contributed by atoms with Crippen LogP contribution in [-0.2, 0) is 4.74 Å². The van der Waals surface area contributed by atoms with E-state index in [1.807, 2.05) is 0 Å². The molecule has 1 fully saturated rings. The van der Waals surface area contributed by atoms with Gasteiger partial charge in [-0.1, -0.05) is 19.3 Å². The van der Waals surface area contributed by atoms with Gasteiger partial charge in [-0.2, -0.15) is 0 Å². The summed E-state index contributed by atoms with van der Waals surface area (Å²) in [6.45, 7) is 0. The van der Waals surface area contributed by atoms with Crippen molar-refractivity contribution in [1.82, 2.24) is 9.97 Å². The molecule has 1 saturated carbocycles. The van der Waals surface area contributed by atoms with E-state index in [-0.39, 0.29) is 11.6 Å². The summed E-state index contributed by atoms with van der Waals surface area (Å²) in [4.78, 5) is 8.35. The van der Waals surface area contributed by atoms with Gasteiger partial charge in [0.15, 0.2) is 0 Å². The smallest absolute Gasteiger partial charge is 0.0886 e. The lowest BCUT2D eigenvalue weighted by Crippen LogP contribution is -2.45. The average Bonchev–Trinajstić information content (AvgIpc) is 2.39. The summed E-state index contributed by atoms with van der Waals surface area (Å²) in [6.07, 6.45) is 10.8. The van der Waals surface area contributed by atoms with Crippen LogP contribution >= 0.6 is 0 Å². The number of nitrogens with two attached hydrogens (primary N) is 1. The molecule has 4 heteroatoms. The Hall–Kier alpha value is -1.00. The Labute approximate surface area is 96.2 Å². The first-order valence-corrected chi connectivity index (χ1v) is 5.85. The van der Waals surface area contributed by atoms with Crippen LogP contribution in [0, 0.1) is 0 Å². The lowest BCUT2D eigenvalue weighted by Gasteiger charge is -2.40. The van der Waals surface area contributed by atoms with Crippen molar-refractivity contribution in [2.75, 3.05) is 7.11 Å². The van der Waals surface area contributed by atoms with Crippen molar-refractivity contribution in [1.29, 1.82) is 0 Å². The molecule has 0 aromatic carbocycles. The lowest BCUT2D eigenvalue weighted by atomic mass is 9.78. The molecular weight excluding hydrogens is 202 g/mol. The zero-order chi connectivity index (χ0) is 11.4. The molecule has 1 atom stereocenters. The average molecular weight is 221 g/mol. The number of nitrogens with zero attached hydrogens (tertiary/aromatic N) is 2. The molecule has 2 N–H and O–H groups in total. The summed E-state index contributed by atoms with van der Waals surface area (Å²) < 4.78 is 5.70. The van der Waals surface area contributed by atoms with Crippen molar-refractivity contribution in [3.8, 4) is 0 Å². The van der Waals surface area contributed by atoms with E-state index in [0.29, 0.717) is 0 Å². The van der Waals surface area contributed by atoms with Gasteiger partial charge in [0.05, 0.1) is 23.5 Å². The molecule has 16 heavy (non-hydrogen) atoms. The number of aromatic nitrogens is 2. The van der Waals surface area contributed by atoms with Crippen LogP contribution in [0.25, 0.3) is 0 Å². The van der Waals surface area contributed by atoms with Crippen LogP contribution in [0.1, 0.15) is 43.8 Å². The van der Waals surface area contributed by atoms with Gasteiger partial charge >= 0.3 is 0 Å². The molecule has 0 saturated heterocycles. The van der Waals surface area contributed by atoms with Crippen LogP contribution in [0.3, 0.4) is 0 Å². The Morgan fingerprint density at radius 2 is 2.06 bits per heavy atom. The van der Waals surface area contributed by atoms with E-state index >= 15 is 0 Å². The third-order valence-electron chi connectivity index (χ3n) is 3.58. The Balaban J connectivity index is 2.20. The molecule has 88 valence electrons. The monoisotopic (exact) mass is 221 g/mol. The lowest BCUT2D eigenvalue weighted by molar-refractivity contribution is -0.0604. The second-order valence-corrected chi connectivity index (χ2v) is 4.44. The minimum atomic E-state index is -0.242. The number of hydrogen-bond acceptors (Lipinski definition) is 4. The van der Waals surface area contributed by atoms with Gasteiger partial charge in [0.2, 0.25) is 0 Å². The van der Waals surface area contributed by atoms with Crippen LogP contribution in [0.2, 0.25) is 0 Å². The highest BCUT2D eigenvalue weighted by molar-refractivity contribution is 5.10. The van der Waals surface area contributed by atoms with E-state index in [2.05, 4.69) is 9.97 Å². The summed E-state index contributed by atoms with van der Waals surface area (Å²) in [7, 11) is 1.75. The maximum absolute atomic E-state index is 6.29. The van der Waals surface area contributed by atoms with Crippen molar-refractivity contribution in [2.45, 2.75) is 43.7 Å². The molecule has 1 heterocycles. The first-order valence-electron chi connectivity index (χ1n) is 5.85. The van der Waals surface area contributed by atoms with Gasteiger partial charge in [0.1, 0.15) is 0 Å². The molecule has 0 spiro atoms. The highest BCUT2D eigenvalue weighted by atomic mass is 16.5. The van der Waals surface area contributed by atoms with Gasteiger partial charge in [-0.3, -0.25) is 9.97 Å². The Kier molecular flexibility index (Phi) is 3.51. The quantitative estimate of drug-likeness (QED) is 0.845. The van der Waals surface area contributed by atoms with E-state index in [4.69, 9.17) is 10.5 Å². The Morgan fingerprint density at radius 1 is 1.31 bits per heavy atom. The van der Waals surface area contributed by atoms with Crippen LogP contribution in [0.5, 0.6) is 0 Å². The van der Waals surface area contributed by atoms with Gasteiger partial charge in [-0.05, 0) is 12.8 Å². The van der Waals surface area contributed by atoms with Crippen LogP contribution < -0.4 is 5.73 Å². The fourth-order valence-corrected chi connectivity index (χ4v) is 2.53. The summed E-state index contributed by atoms with van der Waals surface area (Å²) in [5.74, 6) is 0. The van der Waals surface area contributed by atoms with Gasteiger partial charge in [-0.25, -0.2) is 0 Å². The van der Waals surface area contributed by atoms with Crippen molar-refractivity contribution in [3.05, 3.63) is 24.3 Å². The van der Waals surface area contributed by atoms with E-state index in [0.717, 1.165) is 18.5 Å². The fraction of sp³-hybridized carbons (Fsp3) is 0.667. The van der Waals surface area contributed by atoms with Crippen molar-refractivity contribution in [3.63, 3.8) is 0 Å². The van der Waals surface area contributed by atoms with Crippen molar-refractivity contribution in [2.24, 2.45) is 5.73 Å². The molecule has 1 aliphatic carbocycles. The molecule has 0 bridgehead atoms. The molecule has 1 aliphatic rings. The first-order chi connectivity index (χ1) is 7.78. The minimum absolute atomic E-state index is 0.175. The molecular formula is C12H19N3O. The van der Waals surface area contributed by atoms with E-state index in [1.54, 1.807) is 25.7 Å². The molecule has 4 nitrogen and oxygen atoms in total. The van der Waals surface area contributed by atoms with Gasteiger partial charge < -0.3 is 10.5 Å². The van der Waals surface area contributed by atoms with E-state index < -0.39 is 0 Å². The van der Waals surface area contributed by atoms with Gasteiger partial charge in [0, 0.05) is 19.5 Å². The Morgan fingerprint density at radius 3 is 2.62 bits per heavy atom. The molecule has 0 aliphatic heterocycles. The predicted molar refractivity (Wildman–Crippen MR) is 61.8 cm³/mol. The Bertz CT molecular complexity index is 322. The summed E-state index contributed by atoms with van der Waals surface area (Å²) >= 11 is 0. The number of methoxy groups -OCH3 is 1. The molecule has 1 unspecified atom stereocenters. The number of hydrogen-bond donors (Lipinski definition) is 1. The standard InChI is InChI=1S/C12H19N3O/c1-16-12(5-3-2-4-6-12)11(13)10-9-14-7-8-15-10/h7-9,11H,2-6,13H2,1H3. The molecule has 2 rings (SSSR count). The SMILES string of the molecule is COC1(C(N)c2cnccn2)CCCCC1. The van der Waals surface area contributed by atoms with Gasteiger partial charge in [0.25, 0.3) is 0 Å².